The molecule has 0 aliphatic carbocycles. The van der Waals surface area contributed by atoms with E-state index in [0.29, 0.717) is 35.5 Å². The van der Waals surface area contributed by atoms with Crippen molar-refractivity contribution in [1.82, 2.24) is 0 Å². The first-order chi connectivity index (χ1) is 9.85. The molecule has 0 amide bonds. The highest BCUT2D eigenvalue weighted by atomic mass is 79.9. The topological polar surface area (TPSA) is 44.3 Å². The van der Waals surface area contributed by atoms with Crippen molar-refractivity contribution in [3.63, 3.8) is 0 Å². The fourth-order valence-electron chi connectivity index (χ4n) is 1.56. The molecule has 110 valence electrons. The van der Waals surface area contributed by atoms with Gasteiger partial charge >= 0.3 is 0 Å². The number of rotatable bonds is 2. The van der Waals surface area contributed by atoms with Gasteiger partial charge in [-0.05, 0) is 74.4 Å². The van der Waals surface area contributed by atoms with Crippen molar-refractivity contribution >= 4 is 83.8 Å². The minimum absolute atomic E-state index is 0.126. The van der Waals surface area contributed by atoms with Crippen LogP contribution >= 0.6 is 67.3 Å². The van der Waals surface area contributed by atoms with Crippen LogP contribution in [0.3, 0.4) is 0 Å². The summed E-state index contributed by atoms with van der Waals surface area (Å²) in [6, 6.07) is 8.48. The summed E-state index contributed by atoms with van der Waals surface area (Å²) < 4.78 is 1.10. The molecule has 21 heavy (non-hydrogen) atoms. The predicted octanol–water partition coefficient (Wildman–Crippen LogP) is 6.03. The van der Waals surface area contributed by atoms with Crippen molar-refractivity contribution in [3.05, 3.63) is 49.3 Å². The third-order valence-electron chi connectivity index (χ3n) is 2.40. The zero-order valence-corrected chi connectivity index (χ0v) is 15.8. The van der Waals surface area contributed by atoms with E-state index in [0.717, 1.165) is 0 Å². The molecular weight excluding hydrogens is 463 g/mol. The molecule has 0 spiro atoms. The van der Waals surface area contributed by atoms with E-state index >= 15 is 0 Å². The van der Waals surface area contributed by atoms with Crippen LogP contribution in [-0.2, 0) is 0 Å². The molecule has 2 aromatic carbocycles. The monoisotopic (exact) mass is 468 g/mol. The highest BCUT2D eigenvalue weighted by molar-refractivity contribution is 9.11. The summed E-state index contributed by atoms with van der Waals surface area (Å²) in [5, 5.41) is 17.1. The first-order valence-corrected chi connectivity index (χ1v) is 8.32. The van der Waals surface area contributed by atoms with E-state index in [1.165, 1.54) is 0 Å². The molecule has 2 aromatic rings. The predicted molar refractivity (Wildman–Crippen MR) is 99.8 cm³/mol. The summed E-state index contributed by atoms with van der Waals surface area (Å²) in [6.45, 7) is 0. The minimum atomic E-state index is 0.126. The van der Waals surface area contributed by atoms with Gasteiger partial charge in [0.25, 0.3) is 0 Å². The fourth-order valence-corrected chi connectivity index (χ4v) is 3.51. The molecule has 0 bridgehead atoms. The van der Waals surface area contributed by atoms with Gasteiger partial charge < -0.3 is 15.7 Å². The molecule has 0 aromatic heterocycles. The molecule has 3 N–H and O–H groups in total. The molecule has 0 unspecified atom stereocenters. The third kappa shape index (κ3) is 4.72. The number of benzene rings is 2. The van der Waals surface area contributed by atoms with E-state index in [-0.39, 0.29) is 5.75 Å². The highest BCUT2D eigenvalue weighted by Crippen LogP contribution is 2.35. The first kappa shape index (κ1) is 16.8. The number of nitrogens with one attached hydrogen (secondary N) is 2. The molecule has 0 aliphatic heterocycles. The summed E-state index contributed by atoms with van der Waals surface area (Å²) in [6.07, 6.45) is 0. The fraction of sp³-hybridized carbons (Fsp3) is 0. The summed E-state index contributed by atoms with van der Waals surface area (Å²) in [7, 11) is 0. The van der Waals surface area contributed by atoms with Crippen LogP contribution in [0.15, 0.2) is 39.3 Å². The Hall–Kier alpha value is -0.530. The maximum atomic E-state index is 9.66. The lowest BCUT2D eigenvalue weighted by atomic mass is 10.3. The Morgan fingerprint density at radius 1 is 0.905 bits per heavy atom. The van der Waals surface area contributed by atoms with Gasteiger partial charge in [0, 0.05) is 21.4 Å². The normalized spacial score (nSPS) is 10.3. The second kappa shape index (κ2) is 7.15. The molecule has 8 heteroatoms. The maximum absolute atomic E-state index is 9.66. The molecule has 0 heterocycles. The van der Waals surface area contributed by atoms with Crippen LogP contribution in [0, 0.1) is 0 Å². The van der Waals surface area contributed by atoms with Crippen molar-refractivity contribution in [1.29, 1.82) is 0 Å². The zero-order chi connectivity index (χ0) is 15.6. The average molecular weight is 471 g/mol. The first-order valence-electron chi connectivity index (χ1n) is 5.57. The summed E-state index contributed by atoms with van der Waals surface area (Å²) in [5.41, 5.74) is 1.39. The number of halogens is 4. The molecule has 0 aliphatic rings. The largest absolute Gasteiger partial charge is 0.506 e. The van der Waals surface area contributed by atoms with E-state index in [1.54, 1.807) is 30.3 Å². The molecular formula is C13H8Br2Cl2N2OS. The van der Waals surface area contributed by atoms with Gasteiger partial charge in [0.1, 0.15) is 5.75 Å². The van der Waals surface area contributed by atoms with E-state index in [2.05, 4.69) is 42.5 Å². The van der Waals surface area contributed by atoms with Gasteiger partial charge in [0.05, 0.1) is 8.95 Å². The molecule has 0 radical (unpaired) electrons. The molecule has 0 saturated heterocycles. The molecule has 0 fully saturated rings. The summed E-state index contributed by atoms with van der Waals surface area (Å²) >= 11 is 23.6. The van der Waals surface area contributed by atoms with Crippen LogP contribution in [0.5, 0.6) is 5.75 Å². The second-order valence-corrected chi connectivity index (χ2v) is 7.02. The Morgan fingerprint density at radius 3 is 1.81 bits per heavy atom. The van der Waals surface area contributed by atoms with Crippen molar-refractivity contribution in [3.8, 4) is 5.75 Å². The van der Waals surface area contributed by atoms with E-state index < -0.39 is 0 Å². The van der Waals surface area contributed by atoms with Crippen molar-refractivity contribution in [2.45, 2.75) is 0 Å². The second-order valence-electron chi connectivity index (χ2n) is 4.03. The van der Waals surface area contributed by atoms with Crippen LogP contribution in [0.25, 0.3) is 0 Å². The standard InChI is InChI=1S/C13H8Br2Cl2N2OS/c14-10-4-9(5-11(15)12(10)20)19-13(21)18-8-2-6(16)1-7(17)3-8/h1-5,20H,(H2,18,19,21). The Morgan fingerprint density at radius 2 is 1.33 bits per heavy atom. The van der Waals surface area contributed by atoms with Crippen LogP contribution in [0.2, 0.25) is 10.0 Å². The lowest BCUT2D eigenvalue weighted by Crippen LogP contribution is -2.19. The number of hydrogen-bond acceptors (Lipinski definition) is 2. The van der Waals surface area contributed by atoms with Crippen LogP contribution < -0.4 is 10.6 Å². The quantitative estimate of drug-likeness (QED) is 0.370. The van der Waals surface area contributed by atoms with Crippen molar-refractivity contribution in [2.75, 3.05) is 10.6 Å². The third-order valence-corrected chi connectivity index (χ3v) is 4.24. The number of anilines is 2. The molecule has 0 saturated carbocycles. The average Bonchev–Trinajstić information content (AvgIpc) is 2.34. The molecule has 2 rings (SSSR count). The van der Waals surface area contributed by atoms with Crippen molar-refractivity contribution < 1.29 is 5.11 Å². The van der Waals surface area contributed by atoms with Gasteiger partial charge in [-0.3, -0.25) is 0 Å². The lowest BCUT2D eigenvalue weighted by Gasteiger charge is -2.12. The number of phenolic OH excluding ortho intramolecular Hbond substituents is 1. The summed E-state index contributed by atoms with van der Waals surface area (Å²) in [4.78, 5) is 0. The van der Waals surface area contributed by atoms with Crippen LogP contribution in [0.4, 0.5) is 11.4 Å². The lowest BCUT2D eigenvalue weighted by molar-refractivity contribution is 0.468. The van der Waals surface area contributed by atoms with Crippen LogP contribution in [-0.4, -0.2) is 10.2 Å². The Balaban J connectivity index is 2.11. The molecule has 0 atom stereocenters. The molecule has 3 nitrogen and oxygen atoms in total. The Kier molecular flexibility index (Phi) is 5.73. The smallest absolute Gasteiger partial charge is 0.175 e. The van der Waals surface area contributed by atoms with Gasteiger partial charge in [0.15, 0.2) is 5.11 Å². The van der Waals surface area contributed by atoms with Gasteiger partial charge in [-0.25, -0.2) is 0 Å². The van der Waals surface area contributed by atoms with E-state index in [9.17, 15) is 5.11 Å². The SMILES string of the molecule is Oc1c(Br)cc(NC(=S)Nc2cc(Cl)cc(Cl)c2)cc1Br. The minimum Gasteiger partial charge on any atom is -0.506 e. The Labute approximate surface area is 153 Å². The van der Waals surface area contributed by atoms with Gasteiger partial charge in [-0.2, -0.15) is 0 Å². The zero-order valence-electron chi connectivity index (χ0n) is 10.3. The van der Waals surface area contributed by atoms with Gasteiger partial charge in [-0.1, -0.05) is 23.2 Å². The Bertz CT molecular complexity index is 669. The number of phenols is 1. The van der Waals surface area contributed by atoms with E-state index in [4.69, 9.17) is 35.4 Å². The van der Waals surface area contributed by atoms with Crippen molar-refractivity contribution in [2.24, 2.45) is 0 Å². The highest BCUT2D eigenvalue weighted by Gasteiger charge is 2.07. The number of thiocarbonyl (C=S) groups is 1. The number of aromatic hydroxyl groups is 1. The number of hydrogen-bond donors (Lipinski definition) is 3. The summed E-state index contributed by atoms with van der Waals surface area (Å²) in [5.74, 6) is 0.126. The van der Waals surface area contributed by atoms with E-state index in [1.807, 2.05) is 0 Å². The van der Waals surface area contributed by atoms with Crippen LogP contribution in [0.1, 0.15) is 0 Å². The van der Waals surface area contributed by atoms with Gasteiger partial charge in [-0.15, -0.1) is 0 Å². The van der Waals surface area contributed by atoms with Gasteiger partial charge in [0.2, 0.25) is 0 Å². The maximum Gasteiger partial charge on any atom is 0.175 e.